The number of ether oxygens (including phenoxy) is 3. The highest BCUT2D eigenvalue weighted by Crippen LogP contribution is 2.29. The van der Waals surface area contributed by atoms with Crippen molar-refractivity contribution in [2.24, 2.45) is 0 Å². The van der Waals surface area contributed by atoms with Gasteiger partial charge in [-0.3, -0.25) is 4.79 Å². The highest BCUT2D eigenvalue weighted by atomic mass is 16.6. The molecule has 0 heterocycles. The van der Waals surface area contributed by atoms with Crippen LogP contribution in [0.15, 0.2) is 48.5 Å². The maximum atomic E-state index is 11.5. The van der Waals surface area contributed by atoms with Crippen LogP contribution in [0.4, 0.5) is 0 Å². The number of carbonyl (C=O) groups is 2. The van der Waals surface area contributed by atoms with E-state index in [0.29, 0.717) is 12.4 Å². The molecule has 0 radical (unpaired) electrons. The van der Waals surface area contributed by atoms with E-state index in [2.05, 4.69) is 4.74 Å². The van der Waals surface area contributed by atoms with Gasteiger partial charge < -0.3 is 14.2 Å². The Hall–Kier alpha value is -2.82. The Morgan fingerprint density at radius 3 is 2.36 bits per heavy atom. The first-order valence-electron chi connectivity index (χ1n) is 6.67. The predicted molar refractivity (Wildman–Crippen MR) is 79.9 cm³/mol. The number of rotatable bonds is 5. The van der Waals surface area contributed by atoms with Gasteiger partial charge in [-0.2, -0.15) is 0 Å². The monoisotopic (exact) mass is 300 g/mol. The molecular weight excluding hydrogens is 284 g/mol. The maximum Gasteiger partial charge on any atom is 0.337 e. The SMILES string of the molecule is COC(=O)c1ccc(OCc2ccccc2)c(OC(C)=O)c1. The van der Waals surface area contributed by atoms with Gasteiger partial charge in [0.05, 0.1) is 12.7 Å². The number of hydrogen-bond donors (Lipinski definition) is 0. The van der Waals surface area contributed by atoms with Gasteiger partial charge in [0.1, 0.15) is 6.61 Å². The van der Waals surface area contributed by atoms with E-state index < -0.39 is 11.9 Å². The predicted octanol–water partition coefficient (Wildman–Crippen LogP) is 2.98. The van der Waals surface area contributed by atoms with Crippen molar-refractivity contribution in [3.8, 4) is 11.5 Å². The molecule has 2 aromatic carbocycles. The Balaban J connectivity index is 2.21. The largest absolute Gasteiger partial charge is 0.485 e. The van der Waals surface area contributed by atoms with E-state index >= 15 is 0 Å². The summed E-state index contributed by atoms with van der Waals surface area (Å²) >= 11 is 0. The Bertz CT molecular complexity index is 664. The van der Waals surface area contributed by atoms with Crippen LogP contribution in [0.1, 0.15) is 22.8 Å². The molecular formula is C17H16O5. The molecule has 0 aliphatic rings. The molecule has 0 aliphatic heterocycles. The third kappa shape index (κ3) is 4.09. The molecule has 2 aromatic rings. The van der Waals surface area contributed by atoms with Crippen molar-refractivity contribution in [3.05, 3.63) is 59.7 Å². The molecule has 0 spiro atoms. The molecule has 0 aromatic heterocycles. The van der Waals surface area contributed by atoms with Crippen LogP contribution in [-0.4, -0.2) is 19.0 Å². The van der Waals surface area contributed by atoms with E-state index in [1.165, 1.54) is 20.1 Å². The lowest BCUT2D eigenvalue weighted by Crippen LogP contribution is -2.07. The molecule has 114 valence electrons. The summed E-state index contributed by atoms with van der Waals surface area (Å²) in [6.45, 7) is 1.61. The minimum atomic E-state index is -0.511. The molecule has 0 N–H and O–H groups in total. The van der Waals surface area contributed by atoms with Crippen molar-refractivity contribution in [1.82, 2.24) is 0 Å². The lowest BCUT2D eigenvalue weighted by atomic mass is 10.2. The van der Waals surface area contributed by atoms with Gasteiger partial charge in [-0.05, 0) is 23.8 Å². The van der Waals surface area contributed by atoms with Gasteiger partial charge in [0.2, 0.25) is 0 Å². The summed E-state index contributed by atoms with van der Waals surface area (Å²) in [6.07, 6.45) is 0. The smallest absolute Gasteiger partial charge is 0.337 e. The molecule has 0 atom stereocenters. The van der Waals surface area contributed by atoms with E-state index in [1.807, 2.05) is 30.3 Å². The van der Waals surface area contributed by atoms with E-state index in [0.717, 1.165) is 5.56 Å². The highest BCUT2D eigenvalue weighted by Gasteiger charge is 2.13. The lowest BCUT2D eigenvalue weighted by molar-refractivity contribution is -0.132. The Labute approximate surface area is 128 Å². The topological polar surface area (TPSA) is 61.8 Å². The Morgan fingerprint density at radius 1 is 1.00 bits per heavy atom. The number of benzene rings is 2. The molecule has 0 saturated carbocycles. The van der Waals surface area contributed by atoms with Crippen LogP contribution in [0, 0.1) is 0 Å². The average molecular weight is 300 g/mol. The van der Waals surface area contributed by atoms with Crippen LogP contribution < -0.4 is 9.47 Å². The van der Waals surface area contributed by atoms with Crippen molar-refractivity contribution in [1.29, 1.82) is 0 Å². The number of esters is 2. The first-order chi connectivity index (χ1) is 10.6. The minimum absolute atomic E-state index is 0.186. The fraction of sp³-hybridized carbons (Fsp3) is 0.176. The fourth-order valence-electron chi connectivity index (χ4n) is 1.84. The van der Waals surface area contributed by atoms with Gasteiger partial charge in [-0.25, -0.2) is 4.79 Å². The number of hydrogen-bond acceptors (Lipinski definition) is 5. The zero-order chi connectivity index (χ0) is 15.9. The molecule has 5 nitrogen and oxygen atoms in total. The van der Waals surface area contributed by atoms with Gasteiger partial charge in [0.25, 0.3) is 0 Å². The second-order valence-corrected chi connectivity index (χ2v) is 4.52. The van der Waals surface area contributed by atoms with Gasteiger partial charge >= 0.3 is 11.9 Å². The van der Waals surface area contributed by atoms with Gasteiger partial charge in [0.15, 0.2) is 11.5 Å². The zero-order valence-corrected chi connectivity index (χ0v) is 12.4. The summed E-state index contributed by atoms with van der Waals surface area (Å²) in [7, 11) is 1.29. The van der Waals surface area contributed by atoms with Gasteiger partial charge in [0, 0.05) is 6.92 Å². The lowest BCUT2D eigenvalue weighted by Gasteiger charge is -2.12. The highest BCUT2D eigenvalue weighted by molar-refractivity contribution is 5.90. The normalized spacial score (nSPS) is 9.91. The molecule has 0 amide bonds. The van der Waals surface area contributed by atoms with Crippen LogP contribution in [0.5, 0.6) is 11.5 Å². The summed E-state index contributed by atoms with van der Waals surface area (Å²) in [5.74, 6) is -0.437. The number of methoxy groups -OCH3 is 1. The van der Waals surface area contributed by atoms with Crippen LogP contribution in [-0.2, 0) is 16.1 Å². The van der Waals surface area contributed by atoms with Crippen molar-refractivity contribution in [2.45, 2.75) is 13.5 Å². The fourth-order valence-corrected chi connectivity index (χ4v) is 1.84. The first-order valence-corrected chi connectivity index (χ1v) is 6.67. The Morgan fingerprint density at radius 2 is 1.73 bits per heavy atom. The summed E-state index contributed by atoms with van der Waals surface area (Å²) < 4.78 is 15.4. The summed E-state index contributed by atoms with van der Waals surface area (Å²) in [5.41, 5.74) is 1.26. The van der Waals surface area contributed by atoms with Gasteiger partial charge in [-0.15, -0.1) is 0 Å². The third-order valence-corrected chi connectivity index (χ3v) is 2.86. The average Bonchev–Trinajstić information content (AvgIpc) is 2.53. The molecule has 0 fully saturated rings. The van der Waals surface area contributed by atoms with Gasteiger partial charge in [-0.1, -0.05) is 30.3 Å². The summed E-state index contributed by atoms with van der Waals surface area (Å²) in [6, 6.07) is 14.1. The van der Waals surface area contributed by atoms with Crippen molar-refractivity contribution >= 4 is 11.9 Å². The quantitative estimate of drug-likeness (QED) is 0.627. The van der Waals surface area contributed by atoms with Crippen molar-refractivity contribution in [3.63, 3.8) is 0 Å². The zero-order valence-electron chi connectivity index (χ0n) is 12.4. The maximum absolute atomic E-state index is 11.5. The Kier molecular flexibility index (Phi) is 5.14. The molecule has 0 unspecified atom stereocenters. The molecule has 0 saturated heterocycles. The molecule has 0 aliphatic carbocycles. The second kappa shape index (κ2) is 7.26. The summed E-state index contributed by atoms with van der Waals surface area (Å²) in [4.78, 5) is 22.7. The first kappa shape index (κ1) is 15.6. The van der Waals surface area contributed by atoms with E-state index in [9.17, 15) is 9.59 Å². The molecule has 22 heavy (non-hydrogen) atoms. The standard InChI is InChI=1S/C17H16O5/c1-12(18)22-16-10-14(17(19)20-2)8-9-15(16)21-11-13-6-4-3-5-7-13/h3-10H,11H2,1-2H3. The number of carbonyl (C=O) groups excluding carboxylic acids is 2. The van der Waals surface area contributed by atoms with E-state index in [4.69, 9.17) is 9.47 Å². The molecule has 0 bridgehead atoms. The van der Waals surface area contributed by atoms with Crippen molar-refractivity contribution in [2.75, 3.05) is 7.11 Å². The van der Waals surface area contributed by atoms with Crippen LogP contribution in [0.2, 0.25) is 0 Å². The summed E-state index contributed by atoms with van der Waals surface area (Å²) in [5, 5.41) is 0. The molecule has 2 rings (SSSR count). The van der Waals surface area contributed by atoms with Crippen LogP contribution >= 0.6 is 0 Å². The second-order valence-electron chi connectivity index (χ2n) is 4.52. The van der Waals surface area contributed by atoms with E-state index in [1.54, 1.807) is 12.1 Å². The van der Waals surface area contributed by atoms with Crippen LogP contribution in [0.3, 0.4) is 0 Å². The van der Waals surface area contributed by atoms with Crippen LogP contribution in [0.25, 0.3) is 0 Å². The minimum Gasteiger partial charge on any atom is -0.485 e. The molecule has 5 heteroatoms. The van der Waals surface area contributed by atoms with Crippen molar-refractivity contribution < 1.29 is 23.8 Å². The van der Waals surface area contributed by atoms with E-state index in [-0.39, 0.29) is 11.3 Å². The third-order valence-electron chi connectivity index (χ3n) is 2.86.